The van der Waals surface area contributed by atoms with Gasteiger partial charge in [-0.25, -0.2) is 0 Å². The van der Waals surface area contributed by atoms with Crippen molar-refractivity contribution in [1.82, 2.24) is 0 Å². The van der Waals surface area contributed by atoms with Crippen molar-refractivity contribution < 1.29 is 51.7 Å². The summed E-state index contributed by atoms with van der Waals surface area (Å²) < 4.78 is 0. The van der Waals surface area contributed by atoms with Gasteiger partial charge < -0.3 is 20.4 Å². The number of rotatable bonds is 16. The Hall–Kier alpha value is -3.03. The van der Waals surface area contributed by atoms with Crippen LogP contribution in [0.3, 0.4) is 0 Å². The minimum atomic E-state index is -0.329. The first-order valence-electron chi connectivity index (χ1n) is 34.4. The van der Waals surface area contributed by atoms with E-state index in [1.165, 1.54) is 117 Å². The van der Waals surface area contributed by atoms with Gasteiger partial charge in [0.25, 0.3) is 0 Å². The van der Waals surface area contributed by atoms with Gasteiger partial charge in [-0.2, -0.15) is 0 Å². The first kappa shape index (κ1) is 71.1. The van der Waals surface area contributed by atoms with E-state index in [0.29, 0.717) is 32.8 Å². The minimum absolute atomic E-state index is 0. The van der Waals surface area contributed by atoms with E-state index < -0.39 is 0 Å². The first-order valence-corrected chi connectivity index (χ1v) is 34.4. The fourth-order valence-corrected chi connectivity index (χ4v) is 20.3. The zero-order valence-corrected chi connectivity index (χ0v) is 57.4. The van der Waals surface area contributed by atoms with Gasteiger partial charge in [-0.3, -0.25) is 9.59 Å². The summed E-state index contributed by atoms with van der Waals surface area (Å²) in [5, 5.41) is 46.7. The monoisotopic (exact) mass is 1200 g/mol. The Bertz CT molecular complexity index is 2390. The molecule has 2 aromatic carbocycles. The van der Waals surface area contributed by atoms with Crippen LogP contribution in [-0.4, -0.2) is 23.8 Å². The maximum atomic E-state index is 12.2. The number of ketones is 2. The second-order valence-electron chi connectivity index (χ2n) is 30.6. The van der Waals surface area contributed by atoms with Crippen LogP contribution in [0.2, 0.25) is 0 Å². The van der Waals surface area contributed by atoms with Gasteiger partial charge in [0.15, 0.2) is 11.6 Å². The van der Waals surface area contributed by atoms with Crippen molar-refractivity contribution in [3.8, 4) is 0 Å². The van der Waals surface area contributed by atoms with Gasteiger partial charge in [-0.05, 0) is 244 Å². The number of carbonyl (C=O) groups is 2. The summed E-state index contributed by atoms with van der Waals surface area (Å²) in [6.45, 7) is 32.8. The largest absolute Gasteiger partial charge is 0.872 e. The molecule has 85 heavy (non-hydrogen) atoms. The first-order chi connectivity index (χ1) is 39.8. The Labute approximate surface area is 533 Å². The van der Waals surface area contributed by atoms with Crippen LogP contribution in [0.25, 0.3) is 11.5 Å². The number of allylic oxidation sites excluding steroid dienone is 4. The van der Waals surface area contributed by atoms with E-state index in [-0.39, 0.29) is 57.0 Å². The van der Waals surface area contributed by atoms with Gasteiger partial charge in [-0.15, -0.1) is 12.2 Å². The zero-order valence-electron chi connectivity index (χ0n) is 55.8. The van der Waals surface area contributed by atoms with E-state index in [4.69, 9.17) is 0 Å². The average Bonchev–Trinajstić information content (AvgIpc) is 1.77. The smallest absolute Gasteiger partial charge is 0.152 e. The molecule has 0 aromatic heterocycles. The van der Waals surface area contributed by atoms with Crippen LogP contribution in [-0.2, 0) is 31.3 Å². The number of benzene rings is 2. The molecule has 0 radical (unpaired) electrons. The fraction of sp³-hybridized carbons (Fsp3) is 0.718. The zero-order chi connectivity index (χ0) is 61.3. The molecule has 6 nitrogen and oxygen atoms in total. The topological polar surface area (TPSA) is 126 Å². The third-order valence-corrected chi connectivity index (χ3v) is 25.3. The van der Waals surface area contributed by atoms with E-state index in [0.717, 1.165) is 134 Å². The minimum Gasteiger partial charge on any atom is -0.872 e. The Morgan fingerprint density at radius 3 is 1.18 bits per heavy atom. The van der Waals surface area contributed by atoms with Gasteiger partial charge in [0.2, 0.25) is 0 Å². The van der Waals surface area contributed by atoms with E-state index in [9.17, 15) is 30.0 Å². The molecule has 0 saturated heterocycles. The Balaban J connectivity index is 0.000000197. The van der Waals surface area contributed by atoms with Crippen LogP contribution in [0.15, 0.2) is 96.1 Å². The van der Waals surface area contributed by atoms with Crippen LogP contribution in [0.5, 0.6) is 0 Å². The number of hydrogen-bond acceptors (Lipinski definition) is 6. The van der Waals surface area contributed by atoms with Gasteiger partial charge >= 0.3 is 0 Å². The second-order valence-corrected chi connectivity index (χ2v) is 30.6. The second kappa shape index (κ2) is 31.1. The van der Waals surface area contributed by atoms with Crippen LogP contribution in [0.4, 0.5) is 0 Å². The quantitative estimate of drug-likeness (QED) is 0.0713. The predicted molar refractivity (Wildman–Crippen MR) is 342 cm³/mol. The van der Waals surface area contributed by atoms with Gasteiger partial charge in [0.05, 0.1) is 0 Å². The number of fused-ring (bicyclic) bond motifs is 10. The predicted octanol–water partition coefficient (Wildman–Crippen LogP) is 16.7. The summed E-state index contributed by atoms with van der Waals surface area (Å²) in [4.78, 5) is 21.1. The summed E-state index contributed by atoms with van der Waals surface area (Å²) in [5.74, 6) is 11.5. The SMILES string of the molecule is CC(=O)/C=C(\[O-])c1ccccc1.CC(=O)/C=C(\[O-])c1ccccc1.CC[C@@H](CCC(C)[C@H]1CCC2[C@@H]3CC=C4C[C@@H]([O-])CC[C@]4(C)C3CC[C@@]21C)C(C)C.CC[C@@H](CCC(C)[C@H]1CCC2[C@@H]3CC=C4C[C@@H]([O-])CC[C@]4(C)C3CC[C@@]21C)C(C)C.[Ti]. The molecule has 0 bridgehead atoms. The molecule has 18 atom stereocenters. The molecule has 8 aliphatic rings. The number of hydrogen-bond donors (Lipinski definition) is 0. The van der Waals surface area contributed by atoms with E-state index in [1.54, 1.807) is 59.7 Å². The molecule has 0 heterocycles. The summed E-state index contributed by atoms with van der Waals surface area (Å²) >= 11 is 0. The molecule has 472 valence electrons. The molecular weight excluding hydrogens is 1080 g/mol. The van der Waals surface area contributed by atoms with Crippen molar-refractivity contribution in [2.45, 2.75) is 250 Å². The Kier molecular flexibility index (Phi) is 26.0. The summed E-state index contributed by atoms with van der Waals surface area (Å²) in [5.41, 5.74) is 6.04. The van der Waals surface area contributed by atoms with Gasteiger partial charge in [-0.1, -0.05) is 217 Å². The summed E-state index contributed by atoms with van der Waals surface area (Å²) in [7, 11) is 0. The molecule has 0 amide bonds. The Morgan fingerprint density at radius 2 is 0.859 bits per heavy atom. The van der Waals surface area contributed by atoms with E-state index >= 15 is 0 Å². The van der Waals surface area contributed by atoms with Gasteiger partial charge in [0.1, 0.15) is 0 Å². The van der Waals surface area contributed by atoms with Crippen molar-refractivity contribution in [2.24, 2.45) is 105 Å². The normalized spacial score (nSPS) is 35.2. The third-order valence-electron chi connectivity index (χ3n) is 25.3. The van der Waals surface area contributed by atoms with Crippen LogP contribution in [0.1, 0.15) is 249 Å². The van der Waals surface area contributed by atoms with Crippen molar-refractivity contribution in [3.05, 3.63) is 107 Å². The summed E-state index contributed by atoms with van der Waals surface area (Å²) in [6.07, 6.45) is 35.0. The van der Waals surface area contributed by atoms with Crippen molar-refractivity contribution in [1.29, 1.82) is 0 Å². The molecule has 0 aliphatic heterocycles. The van der Waals surface area contributed by atoms with Crippen molar-refractivity contribution >= 4 is 23.1 Å². The maximum absolute atomic E-state index is 12.2. The van der Waals surface area contributed by atoms with Crippen molar-refractivity contribution in [2.75, 3.05) is 0 Å². The third kappa shape index (κ3) is 16.5. The summed E-state index contributed by atoms with van der Waals surface area (Å²) in [6, 6.07) is 17.4. The standard InChI is InChI=1S/2C29H49O.2C10H10O2.Ti/c2*1-7-21(19(2)3)9-8-20(4)25-12-13-26-24-11-10-22-18-23(30)14-16-28(22,5)27(24)15-17-29(25,26)6;2*1-8(11)7-10(12)9-5-3-2-4-6-9;/h2*10,19-21,23-27H,7-9,11-18H2,1-6H3;2*2-7,12H,1H3;/q2*-1;;;/p-2/b;;2*10-7-;/t2*20?,21-,23-,24-,25+,26?,27?,28-,29+;;;/m00.../s1. The Morgan fingerprint density at radius 1 is 0.506 bits per heavy atom. The van der Waals surface area contributed by atoms with Crippen molar-refractivity contribution in [3.63, 3.8) is 0 Å². The molecular formula is C78H116O6Ti-4. The fourth-order valence-electron chi connectivity index (χ4n) is 20.3. The molecule has 6 unspecified atom stereocenters. The van der Waals surface area contributed by atoms with Crippen LogP contribution in [0, 0.1) is 105 Å². The molecule has 7 heteroatoms. The maximum Gasteiger partial charge on any atom is 0.152 e. The molecule has 0 spiro atoms. The molecule has 6 saturated carbocycles. The van der Waals surface area contributed by atoms with Gasteiger partial charge in [0, 0.05) is 21.7 Å². The molecule has 0 N–H and O–H groups in total. The average molecular weight is 1200 g/mol. The van der Waals surface area contributed by atoms with Crippen LogP contribution >= 0.6 is 0 Å². The van der Waals surface area contributed by atoms with Crippen LogP contribution < -0.4 is 20.4 Å². The van der Waals surface area contributed by atoms with E-state index in [1.807, 2.05) is 12.1 Å². The molecule has 8 aliphatic carbocycles. The molecule has 2 aromatic rings. The molecule has 6 fully saturated rings. The number of carbonyl (C=O) groups excluding carboxylic acids is 2. The molecule has 10 rings (SSSR count). The van der Waals surface area contributed by atoms with E-state index in [2.05, 4.69) is 95.2 Å².